The van der Waals surface area contributed by atoms with Gasteiger partial charge in [-0.05, 0) is 55.8 Å². The molecule has 29 heavy (non-hydrogen) atoms. The lowest BCUT2D eigenvalue weighted by atomic mass is 10.2. The number of nitrogens with one attached hydrogen (secondary N) is 1. The predicted octanol–water partition coefficient (Wildman–Crippen LogP) is 5.89. The first-order chi connectivity index (χ1) is 13.9. The summed E-state index contributed by atoms with van der Waals surface area (Å²) in [5.74, 6) is -0.501. The van der Waals surface area contributed by atoms with E-state index >= 15 is 0 Å². The number of nitrogens with zero attached hydrogens (tertiary/aromatic N) is 1. The molecule has 0 heterocycles. The van der Waals surface area contributed by atoms with Gasteiger partial charge in [-0.2, -0.15) is 0 Å². The fourth-order valence-electron chi connectivity index (χ4n) is 3.23. The molecule has 0 amide bonds. The Morgan fingerprint density at radius 1 is 0.828 bits per heavy atom. The number of hydrogen-bond donors (Lipinski definition) is 1. The van der Waals surface area contributed by atoms with Crippen molar-refractivity contribution in [1.82, 2.24) is 0 Å². The first kappa shape index (κ1) is 21.2. The molecule has 3 rings (SSSR count). The van der Waals surface area contributed by atoms with Crippen molar-refractivity contribution in [2.45, 2.75) is 25.7 Å². The van der Waals surface area contributed by atoms with Crippen LogP contribution < -0.4 is 15.5 Å². The standard InChI is InChI=1S/C24H29N2O2P/c1-19(2)28-29(27,23-17-15-22(16-18-23)26(3)4)24(20-11-7-5-8-12-20)25-21-13-9-6-10-14-21/h5-19,24-25H,1-4H3/t24-,29-/m0/s1. The second-order valence-electron chi connectivity index (χ2n) is 7.49. The maximum absolute atomic E-state index is 14.5. The Balaban J connectivity index is 2.11. The van der Waals surface area contributed by atoms with Gasteiger partial charge in [-0.25, -0.2) is 0 Å². The lowest BCUT2D eigenvalue weighted by Crippen LogP contribution is -2.22. The fraction of sp³-hybridized carbons (Fsp3) is 0.250. The Morgan fingerprint density at radius 2 is 1.38 bits per heavy atom. The second kappa shape index (κ2) is 9.30. The molecular formula is C24H29N2O2P. The molecule has 3 aromatic rings. The molecule has 152 valence electrons. The average molecular weight is 408 g/mol. The Labute approximate surface area is 174 Å². The largest absolute Gasteiger partial charge is 0.378 e. The van der Waals surface area contributed by atoms with E-state index in [2.05, 4.69) is 5.32 Å². The summed E-state index contributed by atoms with van der Waals surface area (Å²) < 4.78 is 20.7. The summed E-state index contributed by atoms with van der Waals surface area (Å²) in [6.45, 7) is 3.84. The zero-order valence-electron chi connectivity index (χ0n) is 17.4. The van der Waals surface area contributed by atoms with E-state index in [1.807, 2.05) is 118 Å². The smallest absolute Gasteiger partial charge is 0.258 e. The minimum absolute atomic E-state index is 0.182. The van der Waals surface area contributed by atoms with Gasteiger partial charge in [0.15, 0.2) is 0 Å². The third-order valence-electron chi connectivity index (χ3n) is 4.63. The molecule has 2 atom stereocenters. The summed E-state index contributed by atoms with van der Waals surface area (Å²) in [5, 5.41) is 4.18. The highest BCUT2D eigenvalue weighted by Gasteiger charge is 2.38. The maximum Gasteiger partial charge on any atom is 0.258 e. The number of para-hydroxylation sites is 1. The van der Waals surface area contributed by atoms with Gasteiger partial charge in [-0.15, -0.1) is 0 Å². The van der Waals surface area contributed by atoms with Gasteiger partial charge in [0.05, 0.1) is 6.10 Å². The lowest BCUT2D eigenvalue weighted by Gasteiger charge is -2.31. The Kier molecular flexibility index (Phi) is 6.79. The normalized spacial score (nSPS) is 14.2. The van der Waals surface area contributed by atoms with E-state index in [4.69, 9.17) is 4.52 Å². The van der Waals surface area contributed by atoms with Crippen LogP contribution in [0.1, 0.15) is 25.2 Å². The van der Waals surface area contributed by atoms with Gasteiger partial charge in [0.25, 0.3) is 7.37 Å². The Morgan fingerprint density at radius 3 is 1.90 bits per heavy atom. The third-order valence-corrected chi connectivity index (χ3v) is 7.49. The molecule has 0 aromatic heterocycles. The predicted molar refractivity (Wildman–Crippen MR) is 123 cm³/mol. The van der Waals surface area contributed by atoms with Crippen molar-refractivity contribution < 1.29 is 9.09 Å². The SMILES string of the molecule is CC(C)O[P@@](=O)(c1ccc(N(C)C)cc1)[C@H](Nc1ccccc1)c1ccccc1. The van der Waals surface area contributed by atoms with Gasteiger partial charge in [0.2, 0.25) is 0 Å². The van der Waals surface area contributed by atoms with Crippen molar-refractivity contribution in [3.8, 4) is 0 Å². The zero-order chi connectivity index (χ0) is 20.9. The van der Waals surface area contributed by atoms with Crippen molar-refractivity contribution >= 4 is 24.0 Å². The van der Waals surface area contributed by atoms with Crippen LogP contribution in [0.4, 0.5) is 11.4 Å². The topological polar surface area (TPSA) is 41.6 Å². The quantitative estimate of drug-likeness (QED) is 0.472. The van der Waals surface area contributed by atoms with E-state index in [0.717, 1.165) is 16.9 Å². The van der Waals surface area contributed by atoms with Crippen LogP contribution in [0.15, 0.2) is 84.9 Å². The number of hydrogen-bond acceptors (Lipinski definition) is 4. The molecule has 0 aliphatic heterocycles. The average Bonchev–Trinajstić information content (AvgIpc) is 2.73. The van der Waals surface area contributed by atoms with Crippen molar-refractivity contribution in [1.29, 1.82) is 0 Å². The van der Waals surface area contributed by atoms with Crippen LogP contribution in [0.2, 0.25) is 0 Å². The Hall–Kier alpha value is -2.55. The van der Waals surface area contributed by atoms with Gasteiger partial charge >= 0.3 is 0 Å². The molecule has 0 fully saturated rings. The summed E-state index contributed by atoms with van der Waals surface area (Å²) in [5.41, 5.74) is 2.88. The molecule has 0 saturated carbocycles. The second-order valence-corrected chi connectivity index (χ2v) is 9.92. The van der Waals surface area contributed by atoms with Crippen LogP contribution in [0, 0.1) is 0 Å². The van der Waals surface area contributed by atoms with E-state index in [0.29, 0.717) is 5.30 Å². The molecule has 0 bridgehead atoms. The summed E-state index contributed by atoms with van der Waals surface area (Å²) >= 11 is 0. The molecule has 0 saturated heterocycles. The van der Waals surface area contributed by atoms with E-state index in [9.17, 15) is 4.57 Å². The molecule has 0 unspecified atom stereocenters. The van der Waals surface area contributed by atoms with Crippen molar-refractivity contribution in [2.24, 2.45) is 0 Å². The van der Waals surface area contributed by atoms with Crippen LogP contribution in [0.25, 0.3) is 0 Å². The molecule has 0 aliphatic carbocycles. The highest BCUT2D eigenvalue weighted by molar-refractivity contribution is 7.67. The van der Waals surface area contributed by atoms with Crippen LogP contribution in [0.3, 0.4) is 0 Å². The summed E-state index contributed by atoms with van der Waals surface area (Å²) in [7, 11) is 0.673. The molecule has 0 radical (unpaired) electrons. The molecule has 4 nitrogen and oxygen atoms in total. The number of anilines is 2. The van der Waals surface area contributed by atoms with Crippen LogP contribution >= 0.6 is 7.37 Å². The van der Waals surface area contributed by atoms with Crippen molar-refractivity contribution in [3.05, 3.63) is 90.5 Å². The molecule has 1 N–H and O–H groups in total. The van der Waals surface area contributed by atoms with E-state index < -0.39 is 13.2 Å². The maximum atomic E-state index is 14.5. The molecule has 5 heteroatoms. The Bertz CT molecular complexity index is 942. The van der Waals surface area contributed by atoms with Crippen LogP contribution in [-0.4, -0.2) is 20.2 Å². The van der Waals surface area contributed by atoms with Gasteiger partial charge < -0.3 is 14.7 Å². The highest BCUT2D eigenvalue weighted by Crippen LogP contribution is 2.59. The fourth-order valence-corrected chi connectivity index (χ4v) is 5.85. The molecular weight excluding hydrogens is 379 g/mol. The minimum atomic E-state index is -3.31. The van der Waals surface area contributed by atoms with Crippen molar-refractivity contribution in [3.63, 3.8) is 0 Å². The van der Waals surface area contributed by atoms with E-state index in [1.54, 1.807) is 0 Å². The van der Waals surface area contributed by atoms with Gasteiger partial charge in [0.1, 0.15) is 5.78 Å². The highest BCUT2D eigenvalue weighted by atomic mass is 31.2. The first-order valence-corrected chi connectivity index (χ1v) is 11.5. The van der Waals surface area contributed by atoms with E-state index in [1.165, 1.54) is 0 Å². The third kappa shape index (κ3) is 5.09. The van der Waals surface area contributed by atoms with Crippen LogP contribution in [0.5, 0.6) is 0 Å². The van der Waals surface area contributed by atoms with Gasteiger partial charge in [0, 0.05) is 30.8 Å². The van der Waals surface area contributed by atoms with Crippen molar-refractivity contribution in [2.75, 3.05) is 24.3 Å². The number of benzene rings is 3. The van der Waals surface area contributed by atoms with Crippen LogP contribution in [-0.2, 0) is 9.09 Å². The van der Waals surface area contributed by atoms with Gasteiger partial charge in [-0.3, -0.25) is 4.57 Å². The monoisotopic (exact) mass is 408 g/mol. The van der Waals surface area contributed by atoms with Gasteiger partial charge in [-0.1, -0.05) is 48.5 Å². The number of rotatable bonds is 8. The van der Waals surface area contributed by atoms with E-state index in [-0.39, 0.29) is 6.10 Å². The summed E-state index contributed by atoms with van der Waals surface area (Å²) in [6.07, 6.45) is -0.182. The first-order valence-electron chi connectivity index (χ1n) is 9.83. The molecule has 0 spiro atoms. The lowest BCUT2D eigenvalue weighted by molar-refractivity contribution is 0.245. The molecule has 0 aliphatic rings. The minimum Gasteiger partial charge on any atom is -0.378 e. The summed E-state index contributed by atoms with van der Waals surface area (Å²) in [6, 6.07) is 27.5. The summed E-state index contributed by atoms with van der Waals surface area (Å²) in [4.78, 5) is 2.02. The molecule has 3 aromatic carbocycles. The zero-order valence-corrected chi connectivity index (χ0v) is 18.3.